The maximum absolute atomic E-state index is 12.2. The van der Waals surface area contributed by atoms with Gasteiger partial charge < -0.3 is 10.1 Å². The number of carbonyl (C=O) groups is 1. The summed E-state index contributed by atoms with van der Waals surface area (Å²) < 4.78 is 5.81. The second-order valence-electron chi connectivity index (χ2n) is 5.67. The van der Waals surface area contributed by atoms with Gasteiger partial charge in [-0.05, 0) is 44.0 Å². The topological polar surface area (TPSA) is 38.3 Å². The molecule has 4 heteroatoms. The molecule has 2 rings (SSSR count). The molecule has 0 aliphatic rings. The minimum atomic E-state index is -0.498. The van der Waals surface area contributed by atoms with E-state index in [-0.39, 0.29) is 5.91 Å². The van der Waals surface area contributed by atoms with Crippen LogP contribution in [0.3, 0.4) is 0 Å². The molecular formula is C20H25NO2S. The van der Waals surface area contributed by atoms with Crippen LogP contribution in [-0.4, -0.2) is 24.3 Å². The van der Waals surface area contributed by atoms with Gasteiger partial charge in [-0.2, -0.15) is 0 Å². The monoisotopic (exact) mass is 343 g/mol. The third kappa shape index (κ3) is 5.60. The van der Waals surface area contributed by atoms with Gasteiger partial charge in [0.25, 0.3) is 5.91 Å². The smallest absolute Gasteiger partial charge is 0.260 e. The van der Waals surface area contributed by atoms with Crippen LogP contribution in [0.2, 0.25) is 0 Å². The molecule has 0 heterocycles. The highest BCUT2D eigenvalue weighted by atomic mass is 32.2. The van der Waals surface area contributed by atoms with E-state index in [9.17, 15) is 4.79 Å². The standard InChI is InChI=1S/C20H25NO2S/c1-4-17-7-5-6-8-19(17)23-16(3)20(22)21-13-14-24-18-11-9-15(2)10-12-18/h5-12,16H,4,13-14H2,1-3H3,(H,21,22)/t16-/m1/s1. The normalized spacial score (nSPS) is 11.8. The fourth-order valence-corrected chi connectivity index (χ4v) is 3.04. The Hall–Kier alpha value is -1.94. The number of nitrogens with one attached hydrogen (secondary N) is 1. The lowest BCUT2D eigenvalue weighted by Gasteiger charge is -2.16. The number of ether oxygens (including phenoxy) is 1. The third-order valence-corrected chi connectivity index (χ3v) is 4.73. The molecular weight excluding hydrogens is 318 g/mol. The summed E-state index contributed by atoms with van der Waals surface area (Å²) in [6.45, 7) is 6.57. The van der Waals surface area contributed by atoms with Gasteiger partial charge in [-0.3, -0.25) is 4.79 Å². The first-order valence-electron chi connectivity index (χ1n) is 8.32. The van der Waals surface area contributed by atoms with Crippen molar-refractivity contribution in [3.63, 3.8) is 0 Å². The predicted molar refractivity (Wildman–Crippen MR) is 101 cm³/mol. The van der Waals surface area contributed by atoms with Crippen molar-refractivity contribution in [3.05, 3.63) is 59.7 Å². The van der Waals surface area contributed by atoms with Crippen LogP contribution in [0.15, 0.2) is 53.4 Å². The van der Waals surface area contributed by atoms with E-state index in [0.29, 0.717) is 6.54 Å². The molecule has 0 aromatic heterocycles. The van der Waals surface area contributed by atoms with Gasteiger partial charge in [0.1, 0.15) is 5.75 Å². The third-order valence-electron chi connectivity index (χ3n) is 3.72. The molecule has 0 spiro atoms. The molecule has 3 nitrogen and oxygen atoms in total. The Morgan fingerprint density at radius 2 is 1.88 bits per heavy atom. The number of amides is 1. The number of aryl methyl sites for hydroxylation is 2. The molecule has 2 aromatic rings. The molecule has 0 aliphatic heterocycles. The lowest BCUT2D eigenvalue weighted by molar-refractivity contribution is -0.127. The quantitative estimate of drug-likeness (QED) is 0.576. The summed E-state index contributed by atoms with van der Waals surface area (Å²) in [6.07, 6.45) is 0.389. The van der Waals surface area contributed by atoms with Gasteiger partial charge in [-0.25, -0.2) is 0 Å². The van der Waals surface area contributed by atoms with Gasteiger partial charge in [-0.1, -0.05) is 42.8 Å². The Morgan fingerprint density at radius 3 is 2.58 bits per heavy atom. The highest BCUT2D eigenvalue weighted by Crippen LogP contribution is 2.20. The van der Waals surface area contributed by atoms with E-state index in [4.69, 9.17) is 4.74 Å². The number of hydrogen-bond donors (Lipinski definition) is 1. The zero-order valence-corrected chi connectivity index (χ0v) is 15.4. The zero-order chi connectivity index (χ0) is 17.4. The molecule has 0 aliphatic carbocycles. The van der Waals surface area contributed by atoms with Gasteiger partial charge in [0, 0.05) is 17.2 Å². The van der Waals surface area contributed by atoms with E-state index < -0.39 is 6.10 Å². The van der Waals surface area contributed by atoms with Crippen molar-refractivity contribution in [1.29, 1.82) is 0 Å². The van der Waals surface area contributed by atoms with Crippen LogP contribution in [0.4, 0.5) is 0 Å². The molecule has 1 N–H and O–H groups in total. The van der Waals surface area contributed by atoms with Crippen LogP contribution >= 0.6 is 11.8 Å². The summed E-state index contributed by atoms with van der Waals surface area (Å²) in [4.78, 5) is 13.4. The number of hydrogen-bond acceptors (Lipinski definition) is 3. The second-order valence-corrected chi connectivity index (χ2v) is 6.84. The summed E-state index contributed by atoms with van der Waals surface area (Å²) in [6, 6.07) is 16.3. The Kier molecular flexibility index (Phi) is 7.19. The van der Waals surface area contributed by atoms with Crippen molar-refractivity contribution in [1.82, 2.24) is 5.32 Å². The minimum absolute atomic E-state index is 0.0783. The number of para-hydroxylation sites is 1. The van der Waals surface area contributed by atoms with Crippen molar-refractivity contribution in [2.75, 3.05) is 12.3 Å². The van der Waals surface area contributed by atoms with E-state index in [2.05, 4.69) is 43.4 Å². The van der Waals surface area contributed by atoms with E-state index in [0.717, 1.165) is 23.5 Å². The number of benzene rings is 2. The number of rotatable bonds is 8. The zero-order valence-electron chi connectivity index (χ0n) is 14.5. The first-order valence-corrected chi connectivity index (χ1v) is 9.30. The highest BCUT2D eigenvalue weighted by molar-refractivity contribution is 7.99. The average Bonchev–Trinajstić information content (AvgIpc) is 2.60. The summed E-state index contributed by atoms with van der Waals surface area (Å²) in [5, 5.41) is 2.94. The summed E-state index contributed by atoms with van der Waals surface area (Å²) in [7, 11) is 0. The van der Waals surface area contributed by atoms with Gasteiger partial charge in [-0.15, -0.1) is 11.8 Å². The lowest BCUT2D eigenvalue weighted by Crippen LogP contribution is -2.37. The van der Waals surface area contributed by atoms with Gasteiger partial charge in [0.2, 0.25) is 0 Å². The largest absolute Gasteiger partial charge is 0.481 e. The van der Waals surface area contributed by atoms with Crippen LogP contribution in [-0.2, 0) is 11.2 Å². The Labute approximate surface area is 148 Å². The fourth-order valence-electron chi connectivity index (χ4n) is 2.28. The van der Waals surface area contributed by atoms with Crippen LogP contribution < -0.4 is 10.1 Å². The SMILES string of the molecule is CCc1ccccc1O[C@H](C)C(=O)NCCSc1ccc(C)cc1. The van der Waals surface area contributed by atoms with E-state index in [1.807, 2.05) is 24.3 Å². The minimum Gasteiger partial charge on any atom is -0.481 e. The first-order chi connectivity index (χ1) is 11.6. The Bertz CT molecular complexity index is 655. The molecule has 0 fully saturated rings. The number of thioether (sulfide) groups is 1. The molecule has 1 atom stereocenters. The summed E-state index contributed by atoms with van der Waals surface area (Å²) in [5.74, 6) is 1.55. The molecule has 0 unspecified atom stereocenters. The molecule has 0 saturated heterocycles. The Balaban J connectivity index is 1.74. The predicted octanol–water partition coefficient (Wildman–Crippen LogP) is 4.23. The second kappa shape index (κ2) is 9.38. The van der Waals surface area contributed by atoms with E-state index >= 15 is 0 Å². The van der Waals surface area contributed by atoms with Crippen LogP contribution in [0.1, 0.15) is 25.0 Å². The fraction of sp³-hybridized carbons (Fsp3) is 0.350. The molecule has 0 saturated carbocycles. The van der Waals surface area contributed by atoms with E-state index in [1.165, 1.54) is 10.5 Å². The summed E-state index contributed by atoms with van der Waals surface area (Å²) in [5.41, 5.74) is 2.37. The van der Waals surface area contributed by atoms with Crippen LogP contribution in [0, 0.1) is 6.92 Å². The lowest BCUT2D eigenvalue weighted by atomic mass is 10.1. The van der Waals surface area contributed by atoms with Crippen molar-refractivity contribution in [2.24, 2.45) is 0 Å². The molecule has 2 aromatic carbocycles. The summed E-state index contributed by atoms with van der Waals surface area (Å²) >= 11 is 1.74. The molecule has 128 valence electrons. The first kappa shape index (κ1) is 18.4. The molecule has 1 amide bonds. The van der Waals surface area contributed by atoms with Crippen LogP contribution in [0.5, 0.6) is 5.75 Å². The Morgan fingerprint density at radius 1 is 1.17 bits per heavy atom. The van der Waals surface area contributed by atoms with Gasteiger partial charge in [0.05, 0.1) is 0 Å². The van der Waals surface area contributed by atoms with Crippen molar-refractivity contribution < 1.29 is 9.53 Å². The van der Waals surface area contributed by atoms with E-state index in [1.54, 1.807) is 18.7 Å². The van der Waals surface area contributed by atoms with Crippen LogP contribution in [0.25, 0.3) is 0 Å². The molecule has 24 heavy (non-hydrogen) atoms. The van der Waals surface area contributed by atoms with Crippen molar-refractivity contribution >= 4 is 17.7 Å². The highest BCUT2D eigenvalue weighted by Gasteiger charge is 2.15. The maximum atomic E-state index is 12.2. The number of carbonyl (C=O) groups excluding carboxylic acids is 1. The molecule has 0 bridgehead atoms. The maximum Gasteiger partial charge on any atom is 0.260 e. The molecule has 0 radical (unpaired) electrons. The van der Waals surface area contributed by atoms with Gasteiger partial charge >= 0.3 is 0 Å². The average molecular weight is 343 g/mol. The van der Waals surface area contributed by atoms with Crippen molar-refractivity contribution in [3.8, 4) is 5.75 Å². The van der Waals surface area contributed by atoms with Crippen molar-refractivity contribution in [2.45, 2.75) is 38.2 Å². The van der Waals surface area contributed by atoms with Gasteiger partial charge in [0.15, 0.2) is 6.10 Å².